The molecule has 3 rings (SSSR count). The first-order valence-corrected chi connectivity index (χ1v) is 10.2. The zero-order valence-electron chi connectivity index (χ0n) is 14.0. The smallest absolute Gasteiger partial charge is 0.421 e. The molecule has 5 nitrogen and oxygen atoms in total. The predicted molar refractivity (Wildman–Crippen MR) is 91.1 cm³/mol. The van der Waals surface area contributed by atoms with Gasteiger partial charge in [-0.3, -0.25) is 0 Å². The average molecular weight is 351 g/mol. The average Bonchev–Trinajstić information content (AvgIpc) is 2.54. The number of sulfonamides is 1. The maximum absolute atomic E-state index is 12.2. The van der Waals surface area contributed by atoms with Gasteiger partial charge in [-0.25, -0.2) is 17.9 Å². The number of carbonyl (C=O) groups is 1. The van der Waals surface area contributed by atoms with Crippen LogP contribution in [0.2, 0.25) is 0 Å². The Morgan fingerprint density at radius 3 is 2.42 bits per heavy atom. The summed E-state index contributed by atoms with van der Waals surface area (Å²) in [6, 6.07) is 6.37. The summed E-state index contributed by atoms with van der Waals surface area (Å²) >= 11 is 0. The van der Waals surface area contributed by atoms with Crippen LogP contribution >= 0.6 is 0 Å². The number of carbonyl (C=O) groups excluding carboxylic acids is 1. The third kappa shape index (κ3) is 4.09. The first-order valence-electron chi connectivity index (χ1n) is 8.74. The van der Waals surface area contributed by atoms with Crippen molar-refractivity contribution in [1.29, 1.82) is 0 Å². The third-order valence-corrected chi connectivity index (χ3v) is 6.64. The molecule has 0 radical (unpaired) electrons. The molecule has 3 unspecified atom stereocenters. The monoisotopic (exact) mass is 351 g/mol. The molecule has 0 bridgehead atoms. The Hall–Kier alpha value is -1.56. The van der Waals surface area contributed by atoms with E-state index in [1.165, 1.54) is 37.8 Å². The van der Waals surface area contributed by atoms with Gasteiger partial charge in [0.25, 0.3) is 10.0 Å². The van der Waals surface area contributed by atoms with Crippen LogP contribution in [0.1, 0.15) is 50.5 Å². The van der Waals surface area contributed by atoms with Crippen LogP contribution in [0.3, 0.4) is 0 Å². The van der Waals surface area contributed by atoms with Gasteiger partial charge in [-0.2, -0.15) is 0 Å². The van der Waals surface area contributed by atoms with Crippen LogP contribution in [0.25, 0.3) is 0 Å². The van der Waals surface area contributed by atoms with Gasteiger partial charge in [-0.05, 0) is 50.2 Å². The molecule has 2 saturated carbocycles. The summed E-state index contributed by atoms with van der Waals surface area (Å²) in [6.45, 7) is 1.87. The SMILES string of the molecule is Cc1ccc(S(=O)(=O)NC(=O)OC2CCC3CCCCC3C2)cc1. The fourth-order valence-corrected chi connectivity index (χ4v) is 4.88. The Balaban J connectivity index is 1.56. The molecule has 0 aromatic heterocycles. The fraction of sp³-hybridized carbons (Fsp3) is 0.611. The minimum atomic E-state index is -3.87. The maximum Gasteiger partial charge on any atom is 0.421 e. The molecule has 6 heteroatoms. The molecule has 1 amide bonds. The summed E-state index contributed by atoms with van der Waals surface area (Å²) in [4.78, 5) is 12.1. The summed E-state index contributed by atoms with van der Waals surface area (Å²) in [5.41, 5.74) is 0.959. The van der Waals surface area contributed by atoms with Gasteiger partial charge >= 0.3 is 6.09 Å². The number of hydrogen-bond acceptors (Lipinski definition) is 4. The van der Waals surface area contributed by atoms with Crippen molar-refractivity contribution < 1.29 is 17.9 Å². The van der Waals surface area contributed by atoms with E-state index in [1.807, 2.05) is 11.6 Å². The number of hydrogen-bond donors (Lipinski definition) is 1. The van der Waals surface area contributed by atoms with Gasteiger partial charge in [-0.1, -0.05) is 43.4 Å². The zero-order chi connectivity index (χ0) is 17.2. The molecular formula is C18H25NO4S. The number of benzene rings is 1. The lowest BCUT2D eigenvalue weighted by molar-refractivity contribution is 0.0301. The minimum Gasteiger partial charge on any atom is -0.446 e. The number of rotatable bonds is 3. The number of ether oxygens (including phenoxy) is 1. The van der Waals surface area contributed by atoms with E-state index < -0.39 is 16.1 Å². The van der Waals surface area contributed by atoms with Crippen molar-refractivity contribution >= 4 is 16.1 Å². The van der Waals surface area contributed by atoms with Gasteiger partial charge in [-0.15, -0.1) is 0 Å². The third-order valence-electron chi connectivity index (χ3n) is 5.31. The van der Waals surface area contributed by atoms with Crippen molar-refractivity contribution in [3.05, 3.63) is 29.8 Å². The lowest BCUT2D eigenvalue weighted by atomic mass is 9.70. The van der Waals surface area contributed by atoms with Gasteiger partial charge in [0.05, 0.1) is 4.90 Å². The van der Waals surface area contributed by atoms with Crippen LogP contribution in [0, 0.1) is 18.8 Å². The zero-order valence-corrected chi connectivity index (χ0v) is 14.8. The number of amides is 1. The van der Waals surface area contributed by atoms with Crippen LogP contribution in [-0.4, -0.2) is 20.6 Å². The van der Waals surface area contributed by atoms with Crippen LogP contribution in [0.15, 0.2) is 29.2 Å². The van der Waals surface area contributed by atoms with Crippen molar-refractivity contribution in [2.75, 3.05) is 0 Å². The van der Waals surface area contributed by atoms with Crippen molar-refractivity contribution in [2.45, 2.75) is 62.9 Å². The van der Waals surface area contributed by atoms with Gasteiger partial charge in [0.1, 0.15) is 6.10 Å². The Morgan fingerprint density at radius 2 is 1.71 bits per heavy atom. The van der Waals surface area contributed by atoms with E-state index in [9.17, 15) is 13.2 Å². The van der Waals surface area contributed by atoms with E-state index in [4.69, 9.17) is 4.74 Å². The van der Waals surface area contributed by atoms with Crippen molar-refractivity contribution in [3.8, 4) is 0 Å². The van der Waals surface area contributed by atoms with Crippen LogP contribution in [0.4, 0.5) is 4.79 Å². The molecule has 2 aliphatic carbocycles. The molecule has 24 heavy (non-hydrogen) atoms. The molecule has 0 heterocycles. The lowest BCUT2D eigenvalue weighted by Crippen LogP contribution is -2.37. The molecule has 0 spiro atoms. The highest BCUT2D eigenvalue weighted by Crippen LogP contribution is 2.41. The normalized spacial score (nSPS) is 27.1. The van der Waals surface area contributed by atoms with E-state index in [-0.39, 0.29) is 11.0 Å². The largest absolute Gasteiger partial charge is 0.446 e. The topological polar surface area (TPSA) is 72.5 Å². The predicted octanol–water partition coefficient (Wildman–Crippen LogP) is 3.77. The van der Waals surface area contributed by atoms with Gasteiger partial charge < -0.3 is 4.74 Å². The Bertz CT molecular complexity index is 683. The molecule has 1 aromatic carbocycles. The molecular weight excluding hydrogens is 326 g/mol. The molecule has 1 N–H and O–H groups in total. The van der Waals surface area contributed by atoms with Gasteiger partial charge in [0.15, 0.2) is 0 Å². The van der Waals surface area contributed by atoms with Crippen LogP contribution in [0.5, 0.6) is 0 Å². The Kier molecular flexibility index (Phi) is 5.13. The quantitative estimate of drug-likeness (QED) is 0.900. The Morgan fingerprint density at radius 1 is 1.04 bits per heavy atom. The highest BCUT2D eigenvalue weighted by Gasteiger charge is 2.34. The van der Waals surface area contributed by atoms with Crippen molar-refractivity contribution in [3.63, 3.8) is 0 Å². The lowest BCUT2D eigenvalue weighted by Gasteiger charge is -2.38. The molecule has 2 aliphatic rings. The fourth-order valence-electron chi connectivity index (χ4n) is 4.00. The summed E-state index contributed by atoms with van der Waals surface area (Å²) in [5, 5.41) is 0. The summed E-state index contributed by atoms with van der Waals surface area (Å²) < 4.78 is 31.8. The van der Waals surface area contributed by atoms with Gasteiger partial charge in [0.2, 0.25) is 0 Å². The molecule has 3 atom stereocenters. The molecule has 0 saturated heterocycles. The standard InChI is InChI=1S/C18H25NO4S/c1-13-6-10-17(11-7-13)24(21,22)19-18(20)23-16-9-8-14-4-2-3-5-15(14)12-16/h6-7,10-11,14-16H,2-5,8-9,12H2,1H3,(H,19,20). The van der Waals surface area contributed by atoms with Crippen LogP contribution in [-0.2, 0) is 14.8 Å². The summed E-state index contributed by atoms with van der Waals surface area (Å²) in [6.07, 6.45) is 6.78. The maximum atomic E-state index is 12.2. The first-order chi connectivity index (χ1) is 11.4. The van der Waals surface area contributed by atoms with E-state index >= 15 is 0 Å². The Labute approximate surface area is 143 Å². The number of nitrogens with one attached hydrogen (secondary N) is 1. The van der Waals surface area contributed by atoms with Crippen molar-refractivity contribution in [2.24, 2.45) is 11.8 Å². The number of aryl methyl sites for hydroxylation is 1. The second-order valence-corrected chi connectivity index (χ2v) is 8.75. The van der Waals surface area contributed by atoms with E-state index in [2.05, 4.69) is 0 Å². The molecule has 0 aliphatic heterocycles. The van der Waals surface area contributed by atoms with E-state index in [0.717, 1.165) is 30.7 Å². The summed E-state index contributed by atoms with van der Waals surface area (Å²) in [5.74, 6) is 1.39. The summed E-state index contributed by atoms with van der Waals surface area (Å²) in [7, 11) is -3.87. The number of fused-ring (bicyclic) bond motifs is 1. The highest BCUT2D eigenvalue weighted by molar-refractivity contribution is 7.90. The highest BCUT2D eigenvalue weighted by atomic mass is 32.2. The second-order valence-electron chi connectivity index (χ2n) is 7.06. The van der Waals surface area contributed by atoms with E-state index in [0.29, 0.717) is 5.92 Å². The molecule has 132 valence electrons. The second kappa shape index (κ2) is 7.13. The van der Waals surface area contributed by atoms with Crippen molar-refractivity contribution in [1.82, 2.24) is 4.72 Å². The van der Waals surface area contributed by atoms with E-state index in [1.54, 1.807) is 12.1 Å². The first kappa shape index (κ1) is 17.3. The van der Waals surface area contributed by atoms with Crippen LogP contribution < -0.4 is 4.72 Å². The van der Waals surface area contributed by atoms with Gasteiger partial charge in [0, 0.05) is 0 Å². The molecule has 2 fully saturated rings. The minimum absolute atomic E-state index is 0.0704. The molecule has 1 aromatic rings.